The van der Waals surface area contributed by atoms with Gasteiger partial charge in [-0.1, -0.05) is 72.8 Å². The van der Waals surface area contributed by atoms with E-state index in [0.717, 1.165) is 24.0 Å². The van der Waals surface area contributed by atoms with E-state index in [1.54, 1.807) is 42.2 Å². The Labute approximate surface area is 201 Å². The van der Waals surface area contributed by atoms with Gasteiger partial charge < -0.3 is 20.7 Å². The van der Waals surface area contributed by atoms with Gasteiger partial charge in [0.05, 0.1) is 5.70 Å². The minimum absolute atomic E-state index is 0.214. The molecule has 3 N–H and O–H groups in total. The molecule has 6 nitrogen and oxygen atoms in total. The summed E-state index contributed by atoms with van der Waals surface area (Å²) in [4.78, 5) is 26.6. The summed E-state index contributed by atoms with van der Waals surface area (Å²) in [5.41, 5.74) is 10.8. The number of carbonyl (C=O) groups is 2. The van der Waals surface area contributed by atoms with Gasteiger partial charge in [-0.25, -0.2) is 4.79 Å². The van der Waals surface area contributed by atoms with Crippen molar-refractivity contribution in [3.63, 3.8) is 0 Å². The molecule has 2 amide bonds. The SMILES string of the molecule is C=C/C=C\C(N)=C(/C)NC(=O)c1ccc(C=C2CCN(C(=O)OCc3ccccc3)CC2)cc1. The number of rotatable bonds is 7. The van der Waals surface area contributed by atoms with Crippen molar-refractivity contribution < 1.29 is 14.3 Å². The lowest BCUT2D eigenvalue weighted by Crippen LogP contribution is -2.36. The van der Waals surface area contributed by atoms with Crippen LogP contribution in [0, 0.1) is 0 Å². The molecule has 1 aliphatic heterocycles. The number of carbonyl (C=O) groups excluding carboxylic acids is 2. The highest BCUT2D eigenvalue weighted by Gasteiger charge is 2.20. The number of nitrogens with one attached hydrogen (secondary N) is 1. The summed E-state index contributed by atoms with van der Waals surface area (Å²) in [5, 5.41) is 2.81. The van der Waals surface area contributed by atoms with Gasteiger partial charge in [-0.2, -0.15) is 0 Å². The van der Waals surface area contributed by atoms with Gasteiger partial charge in [-0.15, -0.1) is 0 Å². The van der Waals surface area contributed by atoms with E-state index in [2.05, 4.69) is 18.0 Å². The van der Waals surface area contributed by atoms with E-state index in [9.17, 15) is 9.59 Å². The Morgan fingerprint density at radius 1 is 1.09 bits per heavy atom. The molecule has 0 atom stereocenters. The Hall–Kier alpha value is -4.06. The maximum Gasteiger partial charge on any atom is 0.410 e. The number of hydrogen-bond donors (Lipinski definition) is 2. The molecule has 176 valence electrons. The molecule has 1 heterocycles. The summed E-state index contributed by atoms with van der Waals surface area (Å²) >= 11 is 0. The zero-order chi connectivity index (χ0) is 24.3. The second-order valence-electron chi connectivity index (χ2n) is 8.08. The molecule has 1 aliphatic rings. The number of likely N-dealkylation sites (tertiary alicyclic amines) is 1. The van der Waals surface area contributed by atoms with Crippen LogP contribution in [0.5, 0.6) is 0 Å². The molecule has 0 aliphatic carbocycles. The summed E-state index contributed by atoms with van der Waals surface area (Å²) in [5.74, 6) is -0.214. The molecule has 1 fully saturated rings. The summed E-state index contributed by atoms with van der Waals surface area (Å²) in [6, 6.07) is 17.1. The van der Waals surface area contributed by atoms with Gasteiger partial charge in [0.1, 0.15) is 6.61 Å². The Kier molecular flexibility index (Phi) is 8.86. The first-order valence-electron chi connectivity index (χ1n) is 11.3. The lowest BCUT2D eigenvalue weighted by atomic mass is 10.0. The molecular formula is C28H31N3O3. The van der Waals surface area contributed by atoms with E-state index in [4.69, 9.17) is 10.5 Å². The third kappa shape index (κ3) is 7.24. The van der Waals surface area contributed by atoms with Crippen LogP contribution in [0.25, 0.3) is 6.08 Å². The first kappa shape index (κ1) is 24.6. The largest absolute Gasteiger partial charge is 0.445 e. The minimum Gasteiger partial charge on any atom is -0.445 e. The number of piperidine rings is 1. The van der Waals surface area contributed by atoms with Crippen molar-refractivity contribution in [3.05, 3.63) is 113 Å². The smallest absolute Gasteiger partial charge is 0.410 e. The Bertz CT molecular complexity index is 1090. The van der Waals surface area contributed by atoms with E-state index in [1.807, 2.05) is 42.5 Å². The van der Waals surface area contributed by atoms with E-state index < -0.39 is 0 Å². The fraction of sp³-hybridized carbons (Fsp3) is 0.214. The van der Waals surface area contributed by atoms with Crippen LogP contribution in [0.15, 0.2) is 96.4 Å². The summed E-state index contributed by atoms with van der Waals surface area (Å²) in [7, 11) is 0. The van der Waals surface area contributed by atoms with E-state index in [-0.39, 0.29) is 18.6 Å². The van der Waals surface area contributed by atoms with E-state index in [0.29, 0.717) is 30.0 Å². The van der Waals surface area contributed by atoms with Crippen molar-refractivity contribution in [1.82, 2.24) is 10.2 Å². The second kappa shape index (κ2) is 12.3. The van der Waals surface area contributed by atoms with Crippen LogP contribution >= 0.6 is 0 Å². The highest BCUT2D eigenvalue weighted by Crippen LogP contribution is 2.20. The second-order valence-corrected chi connectivity index (χ2v) is 8.08. The van der Waals surface area contributed by atoms with Gasteiger partial charge in [0.15, 0.2) is 0 Å². The number of ether oxygens (including phenoxy) is 1. The number of hydrogen-bond acceptors (Lipinski definition) is 4. The molecule has 0 radical (unpaired) electrons. The molecule has 2 aromatic rings. The molecule has 0 saturated carbocycles. The average Bonchev–Trinajstić information content (AvgIpc) is 2.87. The summed E-state index contributed by atoms with van der Waals surface area (Å²) in [6.07, 6.45) is 8.46. The minimum atomic E-state index is -0.275. The van der Waals surface area contributed by atoms with Gasteiger partial charge in [-0.3, -0.25) is 4.79 Å². The number of nitrogens with zero attached hydrogens (tertiary/aromatic N) is 1. The van der Waals surface area contributed by atoms with Crippen molar-refractivity contribution in [2.24, 2.45) is 5.73 Å². The number of amides is 2. The molecule has 6 heteroatoms. The fourth-order valence-corrected chi connectivity index (χ4v) is 3.51. The van der Waals surface area contributed by atoms with Gasteiger partial charge in [0, 0.05) is 24.4 Å². The van der Waals surface area contributed by atoms with Crippen LogP contribution in [0.1, 0.15) is 41.3 Å². The molecule has 1 saturated heterocycles. The predicted molar refractivity (Wildman–Crippen MR) is 136 cm³/mol. The highest BCUT2D eigenvalue weighted by atomic mass is 16.6. The quantitative estimate of drug-likeness (QED) is 0.562. The maximum atomic E-state index is 12.5. The summed E-state index contributed by atoms with van der Waals surface area (Å²) < 4.78 is 5.43. The van der Waals surface area contributed by atoms with Crippen LogP contribution in [-0.4, -0.2) is 30.0 Å². The number of nitrogens with two attached hydrogens (primary N) is 1. The maximum absolute atomic E-state index is 12.5. The lowest BCUT2D eigenvalue weighted by molar-refractivity contribution is 0.0934. The zero-order valence-corrected chi connectivity index (χ0v) is 19.5. The molecule has 34 heavy (non-hydrogen) atoms. The van der Waals surface area contributed by atoms with Crippen molar-refractivity contribution in [3.8, 4) is 0 Å². The van der Waals surface area contributed by atoms with Gasteiger partial charge in [0.25, 0.3) is 5.91 Å². The van der Waals surface area contributed by atoms with Crippen molar-refractivity contribution in [2.45, 2.75) is 26.4 Å². The van der Waals surface area contributed by atoms with Gasteiger partial charge in [-0.05, 0) is 49.1 Å². The summed E-state index contributed by atoms with van der Waals surface area (Å²) in [6.45, 7) is 6.90. The topological polar surface area (TPSA) is 84.7 Å². The van der Waals surface area contributed by atoms with Crippen molar-refractivity contribution in [2.75, 3.05) is 13.1 Å². The third-order valence-electron chi connectivity index (χ3n) is 5.56. The number of benzene rings is 2. The van der Waals surface area contributed by atoms with Crippen molar-refractivity contribution in [1.29, 1.82) is 0 Å². The standard InChI is InChI=1S/C28H31N3O3/c1-3-4-10-26(29)21(2)30-27(32)25-13-11-22(12-14-25)19-23-15-17-31(18-16-23)28(33)34-20-24-8-6-5-7-9-24/h3-14,19H,1,15-18,20,29H2,2H3,(H,30,32)/b10-4-,26-21-. The molecule has 2 aromatic carbocycles. The Balaban J connectivity index is 1.50. The average molecular weight is 458 g/mol. The molecule has 0 aromatic heterocycles. The third-order valence-corrected chi connectivity index (χ3v) is 5.56. The van der Waals surface area contributed by atoms with E-state index >= 15 is 0 Å². The van der Waals surface area contributed by atoms with Gasteiger partial charge in [0.2, 0.25) is 0 Å². The predicted octanol–water partition coefficient (Wildman–Crippen LogP) is 5.16. The van der Waals surface area contributed by atoms with Crippen LogP contribution < -0.4 is 11.1 Å². The first-order chi connectivity index (χ1) is 16.5. The molecule has 0 bridgehead atoms. The molecule has 3 rings (SSSR count). The van der Waals surface area contributed by atoms with Crippen LogP contribution in [-0.2, 0) is 11.3 Å². The highest BCUT2D eigenvalue weighted by molar-refractivity contribution is 5.95. The van der Waals surface area contributed by atoms with E-state index in [1.165, 1.54) is 5.57 Å². The fourth-order valence-electron chi connectivity index (χ4n) is 3.51. The zero-order valence-electron chi connectivity index (χ0n) is 19.5. The van der Waals surface area contributed by atoms with Gasteiger partial charge >= 0.3 is 6.09 Å². The van der Waals surface area contributed by atoms with Crippen LogP contribution in [0.2, 0.25) is 0 Å². The number of allylic oxidation sites excluding steroid dienone is 4. The Morgan fingerprint density at radius 3 is 2.41 bits per heavy atom. The molecule has 0 unspecified atom stereocenters. The van der Waals surface area contributed by atoms with Crippen molar-refractivity contribution >= 4 is 18.1 Å². The normalized spacial score (nSPS) is 14.4. The lowest BCUT2D eigenvalue weighted by Gasteiger charge is -2.27. The monoisotopic (exact) mass is 457 g/mol. The molecular weight excluding hydrogens is 426 g/mol. The first-order valence-corrected chi connectivity index (χ1v) is 11.3. The Morgan fingerprint density at radius 2 is 1.76 bits per heavy atom. The van der Waals surface area contributed by atoms with Crippen LogP contribution in [0.3, 0.4) is 0 Å². The van der Waals surface area contributed by atoms with Crippen LogP contribution in [0.4, 0.5) is 4.79 Å². The molecule has 0 spiro atoms.